The van der Waals surface area contributed by atoms with Crippen LogP contribution in [-0.2, 0) is 0 Å². The van der Waals surface area contributed by atoms with Crippen molar-refractivity contribution in [3.8, 4) is 0 Å². The zero-order valence-corrected chi connectivity index (χ0v) is 10.9. The predicted octanol–water partition coefficient (Wildman–Crippen LogP) is 2.97. The topological polar surface area (TPSA) is 75.7 Å². The van der Waals surface area contributed by atoms with Gasteiger partial charge >= 0.3 is 0 Å². The molecule has 4 nitrogen and oxygen atoms in total. The predicted molar refractivity (Wildman–Crippen MR) is 73.3 cm³/mol. The number of hydrogen-bond donors (Lipinski definition) is 2. The van der Waals surface area contributed by atoms with Gasteiger partial charge in [0.15, 0.2) is 5.65 Å². The molecule has 0 atom stereocenters. The number of aromatic nitrogens is 2. The number of nitrogen functional groups attached to an aromatic ring is 1. The molecule has 4 heteroatoms. The van der Waals surface area contributed by atoms with Crippen molar-refractivity contribution in [2.45, 2.75) is 27.7 Å². The Morgan fingerprint density at radius 1 is 1.12 bits per heavy atom. The van der Waals surface area contributed by atoms with Crippen LogP contribution in [0.15, 0.2) is 30.5 Å². The Balaban J connectivity index is 0.000000581. The number of nitrogens with zero attached hydrogens (tertiary/aromatic N) is 2. The second kappa shape index (κ2) is 8.21. The molecule has 0 unspecified atom stereocenters. The summed E-state index contributed by atoms with van der Waals surface area (Å²) < 4.78 is 0. The van der Waals surface area contributed by atoms with Gasteiger partial charge in [0.05, 0.1) is 0 Å². The van der Waals surface area contributed by atoms with Crippen molar-refractivity contribution in [2.24, 2.45) is 5.73 Å². The van der Waals surface area contributed by atoms with Crippen molar-refractivity contribution in [3.05, 3.63) is 36.2 Å². The Kier molecular flexibility index (Phi) is 7.26. The maximum Gasteiger partial charge on any atom is 0.159 e. The van der Waals surface area contributed by atoms with Gasteiger partial charge in [0.25, 0.3) is 0 Å². The molecule has 0 aliphatic heterocycles. The first-order chi connectivity index (χ1) is 8.27. The van der Waals surface area contributed by atoms with Crippen molar-refractivity contribution in [3.63, 3.8) is 0 Å². The Morgan fingerprint density at radius 2 is 1.76 bits per heavy atom. The van der Waals surface area contributed by atoms with E-state index in [-0.39, 0.29) is 5.84 Å². The van der Waals surface area contributed by atoms with Gasteiger partial charge in [0.1, 0.15) is 11.5 Å². The fourth-order valence-electron chi connectivity index (χ4n) is 1.10. The summed E-state index contributed by atoms with van der Waals surface area (Å²) in [5, 5.41) is 8.15. The molecule has 0 aromatic carbocycles. The van der Waals surface area contributed by atoms with Crippen molar-refractivity contribution in [1.29, 1.82) is 5.41 Å². The van der Waals surface area contributed by atoms with Crippen molar-refractivity contribution in [2.75, 3.05) is 0 Å². The van der Waals surface area contributed by atoms with E-state index in [0.29, 0.717) is 11.3 Å². The Morgan fingerprint density at radius 3 is 2.35 bits per heavy atom. The molecule has 92 valence electrons. The zero-order valence-electron chi connectivity index (χ0n) is 10.9. The van der Waals surface area contributed by atoms with Gasteiger partial charge < -0.3 is 5.73 Å². The summed E-state index contributed by atoms with van der Waals surface area (Å²) in [6, 6.07) is 7.33. The van der Waals surface area contributed by atoms with E-state index < -0.39 is 0 Å². The van der Waals surface area contributed by atoms with Crippen LogP contribution in [0.4, 0.5) is 0 Å². The third-order valence-corrected chi connectivity index (χ3v) is 1.74. The normalized spacial score (nSPS) is 8.47. The number of nitrogens with one attached hydrogen (secondary N) is 1. The summed E-state index contributed by atoms with van der Waals surface area (Å²) in [6.45, 7) is 8.00. The first-order valence-electron chi connectivity index (χ1n) is 5.83. The maximum atomic E-state index is 7.20. The van der Waals surface area contributed by atoms with Crippen LogP contribution in [-0.4, -0.2) is 15.8 Å². The van der Waals surface area contributed by atoms with Gasteiger partial charge in [0.2, 0.25) is 0 Å². The second-order valence-electron chi connectivity index (χ2n) is 2.66. The smallest absolute Gasteiger partial charge is 0.159 e. The monoisotopic (exact) mass is 232 g/mol. The van der Waals surface area contributed by atoms with Crippen molar-refractivity contribution in [1.82, 2.24) is 9.97 Å². The highest BCUT2D eigenvalue weighted by Crippen LogP contribution is 2.08. The molecule has 0 radical (unpaired) electrons. The SMILES string of the molecule is CC.CC.N=C(N)c1ccc2cccnc2n1. The first kappa shape index (κ1) is 15.0. The lowest BCUT2D eigenvalue weighted by Crippen LogP contribution is -2.12. The molecule has 2 heterocycles. The van der Waals surface area contributed by atoms with E-state index >= 15 is 0 Å². The van der Waals surface area contributed by atoms with E-state index in [1.807, 2.05) is 45.9 Å². The molecule has 17 heavy (non-hydrogen) atoms. The van der Waals surface area contributed by atoms with Crippen LogP contribution in [0.2, 0.25) is 0 Å². The molecule has 2 aromatic rings. The van der Waals surface area contributed by atoms with Crippen LogP contribution in [0.3, 0.4) is 0 Å². The van der Waals surface area contributed by atoms with E-state index in [9.17, 15) is 0 Å². The molecule has 0 bridgehead atoms. The van der Waals surface area contributed by atoms with Gasteiger partial charge in [0, 0.05) is 11.6 Å². The van der Waals surface area contributed by atoms with Crippen LogP contribution >= 0.6 is 0 Å². The van der Waals surface area contributed by atoms with Gasteiger partial charge in [-0.15, -0.1) is 0 Å². The van der Waals surface area contributed by atoms with Crippen LogP contribution in [0.25, 0.3) is 11.0 Å². The fraction of sp³-hybridized carbons (Fsp3) is 0.308. The summed E-state index contributed by atoms with van der Waals surface area (Å²) in [5.74, 6) is -0.0347. The Bertz CT molecular complexity index is 466. The molecular formula is C13H20N4. The average Bonchev–Trinajstić information content (AvgIpc) is 2.42. The number of nitrogens with two attached hydrogens (primary N) is 1. The minimum atomic E-state index is -0.0347. The molecule has 0 amide bonds. The minimum absolute atomic E-state index is 0.0347. The zero-order chi connectivity index (χ0) is 13.3. The van der Waals surface area contributed by atoms with E-state index in [4.69, 9.17) is 11.1 Å². The highest BCUT2D eigenvalue weighted by molar-refractivity contribution is 5.94. The van der Waals surface area contributed by atoms with Crippen molar-refractivity contribution >= 4 is 16.9 Å². The first-order valence-corrected chi connectivity index (χ1v) is 5.83. The number of rotatable bonds is 1. The Labute approximate surface area is 102 Å². The Hall–Kier alpha value is -1.97. The molecule has 0 spiro atoms. The summed E-state index contributed by atoms with van der Waals surface area (Å²) >= 11 is 0. The number of pyridine rings is 2. The number of fused-ring (bicyclic) bond motifs is 1. The van der Waals surface area contributed by atoms with Crippen molar-refractivity contribution < 1.29 is 0 Å². The highest BCUT2D eigenvalue weighted by Gasteiger charge is 1.99. The van der Waals surface area contributed by atoms with E-state index in [0.717, 1.165) is 5.39 Å². The van der Waals surface area contributed by atoms with Gasteiger partial charge in [-0.2, -0.15) is 0 Å². The summed E-state index contributed by atoms with van der Waals surface area (Å²) in [7, 11) is 0. The third-order valence-electron chi connectivity index (χ3n) is 1.74. The molecule has 0 saturated heterocycles. The van der Waals surface area contributed by atoms with E-state index in [2.05, 4.69) is 9.97 Å². The number of amidine groups is 1. The van der Waals surface area contributed by atoms with Gasteiger partial charge in [-0.05, 0) is 24.3 Å². The molecule has 0 aliphatic carbocycles. The molecule has 3 N–H and O–H groups in total. The lowest BCUT2D eigenvalue weighted by Gasteiger charge is -1.98. The summed E-state index contributed by atoms with van der Waals surface area (Å²) in [6.07, 6.45) is 1.67. The number of hydrogen-bond acceptors (Lipinski definition) is 3. The fourth-order valence-corrected chi connectivity index (χ4v) is 1.10. The lowest BCUT2D eigenvalue weighted by molar-refractivity contribution is 1.24. The molecule has 0 aliphatic rings. The molecule has 0 fully saturated rings. The van der Waals surface area contributed by atoms with Crippen LogP contribution < -0.4 is 5.73 Å². The quantitative estimate of drug-likeness (QED) is 0.586. The molecule has 2 rings (SSSR count). The van der Waals surface area contributed by atoms with Crippen LogP contribution in [0.5, 0.6) is 0 Å². The largest absolute Gasteiger partial charge is 0.382 e. The van der Waals surface area contributed by atoms with Gasteiger partial charge in [-0.3, -0.25) is 5.41 Å². The van der Waals surface area contributed by atoms with Crippen LogP contribution in [0.1, 0.15) is 33.4 Å². The standard InChI is InChI=1S/C9H8N4.2C2H6/c10-8(11)7-4-3-6-2-1-5-12-9(6)13-7;2*1-2/h1-5H,(H3,10,11);2*1-2H3. The lowest BCUT2D eigenvalue weighted by atomic mass is 10.2. The maximum absolute atomic E-state index is 7.20. The molecular weight excluding hydrogens is 212 g/mol. The second-order valence-corrected chi connectivity index (χ2v) is 2.66. The van der Waals surface area contributed by atoms with E-state index in [1.165, 1.54) is 0 Å². The van der Waals surface area contributed by atoms with Crippen LogP contribution in [0, 0.1) is 5.41 Å². The minimum Gasteiger partial charge on any atom is -0.382 e. The summed E-state index contributed by atoms with van der Waals surface area (Å²) in [5.41, 5.74) is 6.38. The van der Waals surface area contributed by atoms with E-state index in [1.54, 1.807) is 12.3 Å². The molecule has 0 saturated carbocycles. The van der Waals surface area contributed by atoms with Gasteiger partial charge in [-0.1, -0.05) is 27.7 Å². The average molecular weight is 232 g/mol. The highest BCUT2D eigenvalue weighted by atomic mass is 14.9. The molecule has 2 aromatic heterocycles. The third kappa shape index (κ3) is 4.18. The van der Waals surface area contributed by atoms with Gasteiger partial charge in [-0.25, -0.2) is 9.97 Å². The summed E-state index contributed by atoms with van der Waals surface area (Å²) in [4.78, 5) is 8.17.